The highest BCUT2D eigenvalue weighted by Gasteiger charge is 2.34. The molecule has 1 aliphatic rings. The van der Waals surface area contributed by atoms with Gasteiger partial charge in [-0.3, -0.25) is 4.90 Å². The molecule has 28 heavy (non-hydrogen) atoms. The first-order chi connectivity index (χ1) is 13.4. The minimum atomic E-state index is -0.535. The van der Waals surface area contributed by atoms with Gasteiger partial charge >= 0.3 is 6.09 Å². The molecule has 0 fully saturated rings. The first kappa shape index (κ1) is 22.5. The summed E-state index contributed by atoms with van der Waals surface area (Å²) >= 11 is 0. The molecule has 1 N–H and O–H groups in total. The van der Waals surface area contributed by atoms with Crippen molar-refractivity contribution in [2.75, 3.05) is 24.7 Å². The summed E-state index contributed by atoms with van der Waals surface area (Å²) < 4.78 is 11.5. The van der Waals surface area contributed by atoms with Crippen LogP contribution in [0.1, 0.15) is 84.1 Å². The Labute approximate surface area is 170 Å². The quantitative estimate of drug-likeness (QED) is 0.524. The van der Waals surface area contributed by atoms with E-state index in [0.717, 1.165) is 23.4 Å². The maximum Gasteiger partial charge on any atom is 0.414 e. The monoisotopic (exact) mass is 391 g/mol. The van der Waals surface area contributed by atoms with Gasteiger partial charge < -0.3 is 14.6 Å². The Morgan fingerprint density at radius 2 is 1.89 bits per heavy atom. The van der Waals surface area contributed by atoms with E-state index in [4.69, 9.17) is 9.47 Å². The molecule has 1 aliphatic heterocycles. The largest absolute Gasteiger partial charge is 0.494 e. The van der Waals surface area contributed by atoms with Crippen LogP contribution < -0.4 is 9.64 Å². The summed E-state index contributed by atoms with van der Waals surface area (Å²) in [7, 11) is 0. The molecule has 5 nitrogen and oxygen atoms in total. The van der Waals surface area contributed by atoms with E-state index in [1.165, 1.54) is 32.1 Å². The Bertz CT molecular complexity index is 624. The van der Waals surface area contributed by atoms with E-state index in [0.29, 0.717) is 19.6 Å². The van der Waals surface area contributed by atoms with Crippen molar-refractivity contribution in [1.29, 1.82) is 0 Å². The summed E-state index contributed by atoms with van der Waals surface area (Å²) in [6, 6.07) is 5.89. The summed E-state index contributed by atoms with van der Waals surface area (Å²) in [4.78, 5) is 14.3. The molecule has 0 saturated heterocycles. The standard InChI is InChI=1S/C23H37NO4/c1-5-6-7-8-9-10-15-27-19-11-12-21-20(16-19)18(13-14-25)17-24(21)22(26)28-23(2,3)4/h11-12,16,18,25H,5-10,13-15,17H2,1-4H3. The number of fused-ring (bicyclic) bond motifs is 1. The van der Waals surface area contributed by atoms with E-state index in [1.54, 1.807) is 4.90 Å². The molecule has 0 spiro atoms. The first-order valence-electron chi connectivity index (χ1n) is 10.7. The summed E-state index contributed by atoms with van der Waals surface area (Å²) in [5.41, 5.74) is 1.38. The fourth-order valence-electron chi connectivity index (χ4n) is 3.58. The molecule has 1 unspecified atom stereocenters. The van der Waals surface area contributed by atoms with Crippen LogP contribution in [-0.4, -0.2) is 36.6 Å². The zero-order chi connectivity index (χ0) is 20.6. The zero-order valence-corrected chi connectivity index (χ0v) is 18.0. The lowest BCUT2D eigenvalue weighted by Gasteiger charge is -2.25. The Hall–Kier alpha value is -1.75. The molecule has 1 atom stereocenters. The molecule has 1 heterocycles. The second-order valence-electron chi connectivity index (χ2n) is 8.64. The number of ether oxygens (including phenoxy) is 2. The summed E-state index contributed by atoms with van der Waals surface area (Å²) in [6.45, 7) is 9.17. The molecule has 0 radical (unpaired) electrons. The molecular formula is C23H37NO4. The van der Waals surface area contributed by atoms with E-state index < -0.39 is 5.60 Å². The van der Waals surface area contributed by atoms with Gasteiger partial charge in [-0.1, -0.05) is 39.0 Å². The van der Waals surface area contributed by atoms with Crippen LogP contribution in [0.2, 0.25) is 0 Å². The predicted octanol–water partition coefficient (Wildman–Crippen LogP) is 5.65. The third-order valence-electron chi connectivity index (χ3n) is 4.99. The number of carbonyl (C=O) groups excluding carboxylic acids is 1. The highest BCUT2D eigenvalue weighted by atomic mass is 16.6. The van der Waals surface area contributed by atoms with Crippen molar-refractivity contribution >= 4 is 11.8 Å². The van der Waals surface area contributed by atoms with Gasteiger partial charge in [0.25, 0.3) is 0 Å². The van der Waals surface area contributed by atoms with Crippen LogP contribution in [0, 0.1) is 0 Å². The van der Waals surface area contributed by atoms with Gasteiger partial charge in [0, 0.05) is 19.1 Å². The molecule has 5 heteroatoms. The summed E-state index contributed by atoms with van der Waals surface area (Å²) in [6.07, 6.45) is 7.69. The maximum atomic E-state index is 12.6. The predicted molar refractivity (Wildman–Crippen MR) is 113 cm³/mol. The number of amides is 1. The minimum Gasteiger partial charge on any atom is -0.494 e. The van der Waals surface area contributed by atoms with Gasteiger partial charge in [-0.05, 0) is 57.4 Å². The van der Waals surface area contributed by atoms with Gasteiger partial charge in [-0.15, -0.1) is 0 Å². The average molecular weight is 392 g/mol. The topological polar surface area (TPSA) is 59.0 Å². The number of aliphatic hydroxyl groups is 1. The fraction of sp³-hybridized carbons (Fsp3) is 0.696. The Balaban J connectivity index is 1.98. The lowest BCUT2D eigenvalue weighted by molar-refractivity contribution is 0.0581. The number of anilines is 1. The van der Waals surface area contributed by atoms with Crippen molar-refractivity contribution in [3.63, 3.8) is 0 Å². The third-order valence-corrected chi connectivity index (χ3v) is 4.99. The van der Waals surface area contributed by atoms with Gasteiger partial charge in [-0.2, -0.15) is 0 Å². The van der Waals surface area contributed by atoms with E-state index in [1.807, 2.05) is 39.0 Å². The lowest BCUT2D eigenvalue weighted by atomic mass is 9.98. The van der Waals surface area contributed by atoms with E-state index in [-0.39, 0.29) is 18.6 Å². The van der Waals surface area contributed by atoms with Crippen LogP contribution in [0.25, 0.3) is 0 Å². The molecule has 1 aromatic rings. The highest BCUT2D eigenvalue weighted by Crippen LogP contribution is 2.40. The van der Waals surface area contributed by atoms with Crippen LogP contribution in [0.4, 0.5) is 10.5 Å². The zero-order valence-electron chi connectivity index (χ0n) is 18.0. The Kier molecular flexibility index (Phi) is 8.61. The van der Waals surface area contributed by atoms with E-state index >= 15 is 0 Å². The molecule has 0 bridgehead atoms. The SMILES string of the molecule is CCCCCCCCOc1ccc2c(c1)C(CCO)CN2C(=O)OC(C)(C)C. The van der Waals surface area contributed by atoms with Gasteiger partial charge in [0.1, 0.15) is 11.4 Å². The Morgan fingerprint density at radius 3 is 2.57 bits per heavy atom. The summed E-state index contributed by atoms with van der Waals surface area (Å²) in [5.74, 6) is 0.936. The van der Waals surface area contributed by atoms with Gasteiger partial charge in [0.05, 0.1) is 12.3 Å². The summed E-state index contributed by atoms with van der Waals surface area (Å²) in [5, 5.41) is 9.43. The van der Waals surface area contributed by atoms with Crippen molar-refractivity contribution in [2.45, 2.75) is 84.2 Å². The number of aliphatic hydroxyl groups excluding tert-OH is 1. The second-order valence-corrected chi connectivity index (χ2v) is 8.64. The van der Waals surface area contributed by atoms with Crippen LogP contribution in [0.3, 0.4) is 0 Å². The van der Waals surface area contributed by atoms with Crippen LogP contribution in [-0.2, 0) is 4.74 Å². The van der Waals surface area contributed by atoms with Gasteiger partial charge in [0.15, 0.2) is 0 Å². The second kappa shape index (κ2) is 10.7. The highest BCUT2D eigenvalue weighted by molar-refractivity contribution is 5.91. The number of carbonyl (C=O) groups is 1. The molecular weight excluding hydrogens is 354 g/mol. The first-order valence-corrected chi connectivity index (χ1v) is 10.7. The smallest absolute Gasteiger partial charge is 0.414 e. The van der Waals surface area contributed by atoms with Crippen molar-refractivity contribution in [2.24, 2.45) is 0 Å². The number of benzene rings is 1. The van der Waals surface area contributed by atoms with Crippen molar-refractivity contribution in [1.82, 2.24) is 0 Å². The number of rotatable bonds is 10. The molecule has 0 aliphatic carbocycles. The van der Waals surface area contributed by atoms with Gasteiger partial charge in [0.2, 0.25) is 0 Å². The van der Waals surface area contributed by atoms with Crippen LogP contribution in [0.5, 0.6) is 5.75 Å². The van der Waals surface area contributed by atoms with E-state index in [9.17, 15) is 9.90 Å². The molecule has 0 aromatic heterocycles. The van der Waals surface area contributed by atoms with Crippen molar-refractivity contribution in [3.05, 3.63) is 23.8 Å². The lowest BCUT2D eigenvalue weighted by Crippen LogP contribution is -2.36. The molecule has 1 amide bonds. The average Bonchev–Trinajstić information content (AvgIpc) is 2.98. The van der Waals surface area contributed by atoms with Crippen molar-refractivity contribution < 1.29 is 19.4 Å². The molecule has 0 saturated carbocycles. The van der Waals surface area contributed by atoms with E-state index in [2.05, 4.69) is 6.92 Å². The fourth-order valence-corrected chi connectivity index (χ4v) is 3.58. The van der Waals surface area contributed by atoms with Crippen LogP contribution >= 0.6 is 0 Å². The number of nitrogens with zero attached hydrogens (tertiary/aromatic N) is 1. The van der Waals surface area contributed by atoms with Crippen molar-refractivity contribution in [3.8, 4) is 5.75 Å². The normalized spacial score (nSPS) is 16.2. The third kappa shape index (κ3) is 6.69. The maximum absolute atomic E-state index is 12.6. The molecule has 158 valence electrons. The molecule has 2 rings (SSSR count). The van der Waals surface area contributed by atoms with Gasteiger partial charge in [-0.25, -0.2) is 4.79 Å². The number of hydrogen-bond acceptors (Lipinski definition) is 4. The number of unbranched alkanes of at least 4 members (excludes halogenated alkanes) is 5. The number of hydrogen-bond donors (Lipinski definition) is 1. The molecule has 1 aromatic carbocycles. The van der Waals surface area contributed by atoms with Crippen LogP contribution in [0.15, 0.2) is 18.2 Å². The Morgan fingerprint density at radius 1 is 1.18 bits per heavy atom. The minimum absolute atomic E-state index is 0.0924.